The predicted octanol–water partition coefficient (Wildman–Crippen LogP) is 15.5. The van der Waals surface area contributed by atoms with E-state index in [1.54, 1.807) is 0 Å². The highest BCUT2D eigenvalue weighted by Crippen LogP contribution is 2.64. The van der Waals surface area contributed by atoms with Gasteiger partial charge in [0, 0.05) is 50.9 Å². The molecule has 0 amide bonds. The normalized spacial score (nSPS) is 19.4. The molecule has 0 saturated carbocycles. The second kappa shape index (κ2) is 15.0. The van der Waals surface area contributed by atoms with E-state index < -0.39 is 0 Å². The zero-order chi connectivity index (χ0) is 49.0. The summed E-state index contributed by atoms with van der Waals surface area (Å²) < 4.78 is 0. The first-order valence-electron chi connectivity index (χ1n) is 25.7. The van der Waals surface area contributed by atoms with Crippen molar-refractivity contribution >= 4 is 68.6 Å². The summed E-state index contributed by atoms with van der Waals surface area (Å²) >= 11 is 0. The fourth-order valence-corrected chi connectivity index (χ4v) is 12.7. The first kappa shape index (κ1) is 45.4. The highest BCUT2D eigenvalue weighted by Gasteiger charge is 2.60. The molecule has 3 aliphatic heterocycles. The van der Waals surface area contributed by atoms with E-state index in [4.69, 9.17) is 0 Å². The number of hydrogen-bond acceptors (Lipinski definition) is 3. The second-order valence-electron chi connectivity index (χ2n) is 25.6. The highest BCUT2D eigenvalue weighted by atomic mass is 15.3. The van der Waals surface area contributed by atoms with Gasteiger partial charge in [-0.1, -0.05) is 169 Å². The molecule has 7 aromatic carbocycles. The molecular formula is C65H72BN3. The minimum atomic E-state index is -0.326. The van der Waals surface area contributed by atoms with Crippen LogP contribution in [0.3, 0.4) is 0 Å². The van der Waals surface area contributed by atoms with Gasteiger partial charge < -0.3 is 14.7 Å². The first-order valence-corrected chi connectivity index (χ1v) is 25.7. The van der Waals surface area contributed by atoms with Crippen molar-refractivity contribution in [3.63, 3.8) is 0 Å². The van der Waals surface area contributed by atoms with E-state index in [1.165, 1.54) is 106 Å². The van der Waals surface area contributed by atoms with E-state index in [0.29, 0.717) is 0 Å². The molecular weight excluding hydrogens is 834 g/mol. The van der Waals surface area contributed by atoms with Crippen molar-refractivity contribution in [1.82, 2.24) is 0 Å². The molecule has 0 fully saturated rings. The Balaban J connectivity index is 1.20. The van der Waals surface area contributed by atoms with Gasteiger partial charge in [0.05, 0.1) is 5.54 Å². The molecule has 2 atom stereocenters. The van der Waals surface area contributed by atoms with Crippen molar-refractivity contribution in [2.24, 2.45) is 0 Å². The van der Waals surface area contributed by atoms with E-state index in [9.17, 15) is 0 Å². The molecule has 350 valence electrons. The molecule has 11 rings (SSSR count). The average Bonchev–Trinajstić information content (AvgIpc) is 3.50. The van der Waals surface area contributed by atoms with E-state index in [2.05, 4.69) is 258 Å². The number of benzene rings is 7. The minimum absolute atomic E-state index is 0.00205. The third kappa shape index (κ3) is 6.81. The first-order chi connectivity index (χ1) is 32.4. The number of rotatable bonds is 3. The van der Waals surface area contributed by atoms with Gasteiger partial charge in [0.1, 0.15) is 0 Å². The van der Waals surface area contributed by atoms with Crippen LogP contribution < -0.4 is 31.1 Å². The lowest BCUT2D eigenvalue weighted by atomic mass is 9.33. The van der Waals surface area contributed by atoms with Crippen LogP contribution in [-0.2, 0) is 39.0 Å². The predicted molar refractivity (Wildman–Crippen MR) is 298 cm³/mol. The van der Waals surface area contributed by atoms with Gasteiger partial charge in [0.25, 0.3) is 6.71 Å². The van der Waals surface area contributed by atoms with Crippen LogP contribution >= 0.6 is 0 Å². The molecule has 0 aromatic heterocycles. The van der Waals surface area contributed by atoms with Gasteiger partial charge >= 0.3 is 0 Å². The smallest absolute Gasteiger partial charge is 0.252 e. The molecule has 3 nitrogen and oxygen atoms in total. The summed E-state index contributed by atoms with van der Waals surface area (Å²) in [5, 5.41) is 0. The van der Waals surface area contributed by atoms with E-state index in [-0.39, 0.29) is 39.3 Å². The topological polar surface area (TPSA) is 9.72 Å². The van der Waals surface area contributed by atoms with Crippen LogP contribution in [0.15, 0.2) is 140 Å². The van der Waals surface area contributed by atoms with Crippen LogP contribution in [0.5, 0.6) is 0 Å². The van der Waals surface area contributed by atoms with Crippen LogP contribution in [0.2, 0.25) is 0 Å². The van der Waals surface area contributed by atoms with Crippen LogP contribution in [0.4, 0.5) is 45.5 Å². The molecule has 0 radical (unpaired) electrons. The van der Waals surface area contributed by atoms with Crippen LogP contribution in [0.25, 0.3) is 0 Å². The number of anilines is 8. The molecule has 1 aliphatic carbocycles. The second-order valence-corrected chi connectivity index (χ2v) is 25.6. The lowest BCUT2D eigenvalue weighted by Crippen LogP contribution is -2.61. The standard InChI is InChI=1S/C65H72BN3/c1-41-35-57-59-58(36-41)68(48-21-18-20-44(37-48)61(5,6)7)55-39-46(63(11,12)13)25-30-52(55)66(59)53-31-29-49(40-56(53)67(57)47-27-23-43(24-28-47)60(2,3)4)69-54-32-26-45(62(8,9)10)38-51(54)64(14)34-33-42-19-16-17-22-50(42)65(64,69)15/h16-32,35-40H,33-34H2,1-15H3. The van der Waals surface area contributed by atoms with Gasteiger partial charge in [-0.2, -0.15) is 0 Å². The Morgan fingerprint density at radius 1 is 0.435 bits per heavy atom. The van der Waals surface area contributed by atoms with E-state index >= 15 is 0 Å². The molecule has 4 heteroatoms. The van der Waals surface area contributed by atoms with Crippen molar-refractivity contribution in [2.75, 3.05) is 14.7 Å². The zero-order valence-corrected chi connectivity index (χ0v) is 44.1. The van der Waals surface area contributed by atoms with Crippen LogP contribution in [-0.4, -0.2) is 6.71 Å². The zero-order valence-electron chi connectivity index (χ0n) is 44.1. The lowest BCUT2D eigenvalue weighted by Gasteiger charge is -2.51. The molecule has 7 aromatic rings. The Morgan fingerprint density at radius 2 is 0.971 bits per heavy atom. The summed E-state index contributed by atoms with van der Waals surface area (Å²) in [6.07, 6.45) is 2.17. The molecule has 0 saturated heterocycles. The molecule has 69 heavy (non-hydrogen) atoms. The summed E-state index contributed by atoms with van der Waals surface area (Å²) in [6.45, 7) is 35.4. The van der Waals surface area contributed by atoms with E-state index in [0.717, 1.165) is 12.8 Å². The lowest BCUT2D eigenvalue weighted by molar-refractivity contribution is 0.245. The van der Waals surface area contributed by atoms with Crippen molar-refractivity contribution < 1.29 is 0 Å². The average molecular weight is 906 g/mol. The van der Waals surface area contributed by atoms with Gasteiger partial charge in [-0.05, 0) is 170 Å². The molecule has 0 spiro atoms. The maximum Gasteiger partial charge on any atom is 0.252 e. The Bertz CT molecular complexity index is 3220. The molecule has 0 bridgehead atoms. The highest BCUT2D eigenvalue weighted by molar-refractivity contribution is 7.00. The molecule has 0 N–H and O–H groups in total. The van der Waals surface area contributed by atoms with E-state index in [1.807, 2.05) is 0 Å². The third-order valence-electron chi connectivity index (χ3n) is 16.9. The Kier molecular flexibility index (Phi) is 9.88. The van der Waals surface area contributed by atoms with Crippen molar-refractivity contribution in [3.8, 4) is 0 Å². The summed E-state index contributed by atoms with van der Waals surface area (Å²) in [5.41, 5.74) is 24.6. The number of hydrogen-bond donors (Lipinski definition) is 0. The molecule has 2 unspecified atom stereocenters. The van der Waals surface area contributed by atoms with Crippen molar-refractivity contribution in [2.45, 2.75) is 149 Å². The van der Waals surface area contributed by atoms with Crippen LogP contribution in [0, 0.1) is 6.92 Å². The third-order valence-corrected chi connectivity index (χ3v) is 16.9. The number of nitrogens with zero attached hydrogens (tertiary/aromatic N) is 3. The Morgan fingerprint density at radius 3 is 1.62 bits per heavy atom. The number of fused-ring (bicyclic) bond motifs is 9. The van der Waals surface area contributed by atoms with Crippen molar-refractivity contribution in [1.29, 1.82) is 0 Å². The summed E-state index contributed by atoms with van der Waals surface area (Å²) in [4.78, 5) is 7.96. The summed E-state index contributed by atoms with van der Waals surface area (Å²) in [6, 6.07) is 55.3. The van der Waals surface area contributed by atoms with Gasteiger partial charge in [-0.25, -0.2) is 0 Å². The molecule has 4 aliphatic rings. The fraction of sp³-hybridized carbons (Fsp3) is 0.354. The summed E-state index contributed by atoms with van der Waals surface area (Å²) in [7, 11) is 0. The largest absolute Gasteiger partial charge is 0.330 e. The SMILES string of the molecule is Cc1cc2c3c(c1)N(c1cccc(C(C)(C)C)c1)c1cc(C(C)(C)C)ccc1B3c1ccc(N3c4ccc(C(C)(C)C)cc4C4(C)CCc5ccccc5C34C)cc1N2c1ccc(C(C)(C)C)cc1. The summed E-state index contributed by atoms with van der Waals surface area (Å²) in [5.74, 6) is 0. The van der Waals surface area contributed by atoms with Gasteiger partial charge in [-0.3, -0.25) is 0 Å². The Labute approximate surface area is 414 Å². The van der Waals surface area contributed by atoms with Crippen LogP contribution in [0.1, 0.15) is 148 Å². The molecule has 3 heterocycles. The maximum absolute atomic E-state index is 2.75. The number of aryl methyl sites for hydroxylation is 2. The van der Waals surface area contributed by atoms with Gasteiger partial charge in [-0.15, -0.1) is 0 Å². The maximum atomic E-state index is 2.75. The van der Waals surface area contributed by atoms with Gasteiger partial charge in [0.15, 0.2) is 0 Å². The minimum Gasteiger partial charge on any atom is -0.330 e. The monoisotopic (exact) mass is 906 g/mol. The van der Waals surface area contributed by atoms with Crippen molar-refractivity contribution in [3.05, 3.63) is 184 Å². The Hall–Kier alpha value is -6.00. The fourth-order valence-electron chi connectivity index (χ4n) is 12.7. The van der Waals surface area contributed by atoms with Gasteiger partial charge in [0.2, 0.25) is 0 Å². The quantitative estimate of drug-likeness (QED) is 0.164.